The van der Waals surface area contributed by atoms with Crippen LogP contribution >= 0.6 is 35.0 Å². The number of halogens is 3. The van der Waals surface area contributed by atoms with E-state index in [9.17, 15) is 9.18 Å². The SMILES string of the molecule is Cc1nnc(C(C)SC2=N/C(=C/c3ccc(Cl)c(Cl)c3)C(=O)N2c2ccccc2F)o1. The molecule has 0 spiro atoms. The van der Waals surface area contributed by atoms with E-state index in [1.165, 1.54) is 28.8 Å². The number of hydrogen-bond acceptors (Lipinski definition) is 6. The second-order valence-corrected chi connectivity index (χ2v) is 8.73. The van der Waals surface area contributed by atoms with Crippen molar-refractivity contribution in [2.45, 2.75) is 19.1 Å². The molecule has 0 saturated heterocycles. The van der Waals surface area contributed by atoms with Gasteiger partial charge in [-0.2, -0.15) is 0 Å². The molecule has 1 aliphatic rings. The van der Waals surface area contributed by atoms with Crippen molar-refractivity contribution in [1.82, 2.24) is 10.2 Å². The highest BCUT2D eigenvalue weighted by molar-refractivity contribution is 8.14. The summed E-state index contributed by atoms with van der Waals surface area (Å²) in [6, 6.07) is 11.0. The molecule has 0 saturated carbocycles. The van der Waals surface area contributed by atoms with Gasteiger partial charge in [0.25, 0.3) is 5.91 Å². The van der Waals surface area contributed by atoms with E-state index < -0.39 is 11.7 Å². The summed E-state index contributed by atoms with van der Waals surface area (Å²) in [6.07, 6.45) is 1.58. The molecule has 0 radical (unpaired) electrons. The van der Waals surface area contributed by atoms with Gasteiger partial charge in [-0.3, -0.25) is 9.69 Å². The van der Waals surface area contributed by atoms with Crippen molar-refractivity contribution < 1.29 is 13.6 Å². The normalized spacial score (nSPS) is 16.2. The first-order chi connectivity index (χ1) is 14.8. The van der Waals surface area contributed by atoms with E-state index in [-0.39, 0.29) is 16.6 Å². The molecule has 2 aromatic carbocycles. The van der Waals surface area contributed by atoms with Crippen LogP contribution in [-0.4, -0.2) is 21.3 Å². The Morgan fingerprint density at radius 2 is 1.94 bits per heavy atom. The van der Waals surface area contributed by atoms with E-state index in [0.717, 1.165) is 0 Å². The van der Waals surface area contributed by atoms with Gasteiger partial charge in [0.1, 0.15) is 11.5 Å². The molecule has 10 heteroatoms. The quantitative estimate of drug-likeness (QED) is 0.427. The number of para-hydroxylation sites is 1. The number of carbonyl (C=O) groups is 1. The van der Waals surface area contributed by atoms with Gasteiger partial charge in [-0.1, -0.05) is 53.2 Å². The highest BCUT2D eigenvalue weighted by Crippen LogP contribution is 2.37. The maximum Gasteiger partial charge on any atom is 0.283 e. The molecular weight excluding hydrogens is 462 g/mol. The van der Waals surface area contributed by atoms with Crippen LogP contribution in [0.15, 0.2) is 57.6 Å². The number of carbonyl (C=O) groups excluding carboxylic acids is 1. The van der Waals surface area contributed by atoms with Crippen LogP contribution < -0.4 is 4.90 Å². The molecule has 158 valence electrons. The summed E-state index contributed by atoms with van der Waals surface area (Å²) in [6.45, 7) is 3.53. The molecule has 0 bridgehead atoms. The van der Waals surface area contributed by atoms with Crippen molar-refractivity contribution in [2.75, 3.05) is 4.90 Å². The smallest absolute Gasteiger partial charge is 0.283 e. The minimum Gasteiger partial charge on any atom is -0.424 e. The number of aliphatic imine (C=N–C) groups is 1. The Kier molecular flexibility index (Phi) is 6.13. The molecule has 1 amide bonds. The Morgan fingerprint density at radius 3 is 2.61 bits per heavy atom. The van der Waals surface area contributed by atoms with Crippen molar-refractivity contribution >= 4 is 57.8 Å². The molecule has 1 aliphatic heterocycles. The van der Waals surface area contributed by atoms with Crippen LogP contribution in [-0.2, 0) is 4.79 Å². The third-order valence-electron chi connectivity index (χ3n) is 4.34. The van der Waals surface area contributed by atoms with Gasteiger partial charge in [0.2, 0.25) is 11.8 Å². The second-order valence-electron chi connectivity index (χ2n) is 6.61. The Hall–Kier alpha value is -2.68. The van der Waals surface area contributed by atoms with Gasteiger partial charge in [0, 0.05) is 6.92 Å². The van der Waals surface area contributed by atoms with Gasteiger partial charge in [0.15, 0.2) is 5.17 Å². The number of hydrogen-bond donors (Lipinski definition) is 0. The largest absolute Gasteiger partial charge is 0.424 e. The monoisotopic (exact) mass is 476 g/mol. The summed E-state index contributed by atoms with van der Waals surface area (Å²) >= 11 is 13.3. The van der Waals surface area contributed by atoms with Gasteiger partial charge < -0.3 is 4.42 Å². The molecule has 2 heterocycles. The van der Waals surface area contributed by atoms with Crippen LogP contribution in [0.25, 0.3) is 6.08 Å². The molecule has 1 aromatic heterocycles. The summed E-state index contributed by atoms with van der Waals surface area (Å²) < 4.78 is 20.0. The highest BCUT2D eigenvalue weighted by Gasteiger charge is 2.35. The van der Waals surface area contributed by atoms with Crippen molar-refractivity contribution in [3.63, 3.8) is 0 Å². The number of benzene rings is 2. The van der Waals surface area contributed by atoms with E-state index >= 15 is 0 Å². The Labute approximate surface area is 191 Å². The summed E-state index contributed by atoms with van der Waals surface area (Å²) in [5.74, 6) is -0.195. The Balaban J connectivity index is 1.73. The molecule has 4 rings (SSSR count). The van der Waals surface area contributed by atoms with E-state index in [1.54, 1.807) is 43.3 Å². The van der Waals surface area contributed by atoms with E-state index in [4.69, 9.17) is 27.6 Å². The van der Waals surface area contributed by atoms with Crippen LogP contribution in [0.2, 0.25) is 10.0 Å². The third-order valence-corrected chi connectivity index (χ3v) is 6.12. The minimum atomic E-state index is -0.541. The first-order valence-corrected chi connectivity index (χ1v) is 10.8. The number of amidine groups is 1. The van der Waals surface area contributed by atoms with Gasteiger partial charge in [0.05, 0.1) is 21.0 Å². The van der Waals surface area contributed by atoms with Gasteiger partial charge in [-0.15, -0.1) is 10.2 Å². The molecule has 0 aliphatic carbocycles. The van der Waals surface area contributed by atoms with Gasteiger partial charge in [-0.05, 0) is 42.8 Å². The van der Waals surface area contributed by atoms with Crippen LogP contribution in [0.1, 0.15) is 29.5 Å². The Morgan fingerprint density at radius 1 is 1.16 bits per heavy atom. The fourth-order valence-corrected chi connectivity index (χ4v) is 4.12. The summed E-state index contributed by atoms with van der Waals surface area (Å²) in [4.78, 5) is 18.9. The Bertz CT molecular complexity index is 1230. The molecule has 0 fully saturated rings. The van der Waals surface area contributed by atoms with Crippen LogP contribution in [0.5, 0.6) is 0 Å². The van der Waals surface area contributed by atoms with Crippen molar-refractivity contribution in [1.29, 1.82) is 0 Å². The lowest BCUT2D eigenvalue weighted by Crippen LogP contribution is -2.31. The lowest BCUT2D eigenvalue weighted by atomic mass is 10.2. The number of rotatable bonds is 4. The standard InChI is InChI=1S/C21H15Cl2FN4O2S/c1-11(19-27-26-12(2)30-19)31-21-25-17(10-13-7-8-14(22)15(23)9-13)20(29)28(21)18-6-4-3-5-16(18)24/h3-11H,1-2H3/b17-10+. The molecule has 1 unspecified atom stereocenters. The zero-order chi connectivity index (χ0) is 22.1. The molecule has 6 nitrogen and oxygen atoms in total. The molecular formula is C21H15Cl2FN4O2S. The van der Waals surface area contributed by atoms with Crippen LogP contribution in [0.4, 0.5) is 10.1 Å². The number of aromatic nitrogens is 2. The second kappa shape index (κ2) is 8.82. The van der Waals surface area contributed by atoms with Gasteiger partial charge in [-0.25, -0.2) is 9.38 Å². The first kappa shape index (κ1) is 21.5. The zero-order valence-electron chi connectivity index (χ0n) is 16.3. The van der Waals surface area contributed by atoms with Crippen molar-refractivity contribution in [3.8, 4) is 0 Å². The number of anilines is 1. The lowest BCUT2D eigenvalue weighted by molar-refractivity contribution is -0.113. The van der Waals surface area contributed by atoms with E-state index in [1.807, 2.05) is 6.92 Å². The molecule has 3 aromatic rings. The first-order valence-electron chi connectivity index (χ1n) is 9.14. The predicted molar refractivity (Wildman–Crippen MR) is 121 cm³/mol. The average Bonchev–Trinajstić information content (AvgIpc) is 3.29. The fraction of sp³-hybridized carbons (Fsp3) is 0.143. The number of amides is 1. The van der Waals surface area contributed by atoms with Gasteiger partial charge >= 0.3 is 0 Å². The zero-order valence-corrected chi connectivity index (χ0v) is 18.7. The number of aryl methyl sites for hydroxylation is 1. The molecule has 1 atom stereocenters. The van der Waals surface area contributed by atoms with E-state index in [2.05, 4.69) is 15.2 Å². The lowest BCUT2D eigenvalue weighted by Gasteiger charge is -2.19. The van der Waals surface area contributed by atoms with Crippen LogP contribution in [0.3, 0.4) is 0 Å². The highest BCUT2D eigenvalue weighted by atomic mass is 35.5. The third kappa shape index (κ3) is 4.51. The topological polar surface area (TPSA) is 71.6 Å². The number of nitrogens with zero attached hydrogens (tertiary/aromatic N) is 4. The molecule has 0 N–H and O–H groups in total. The maximum atomic E-state index is 14.6. The summed E-state index contributed by atoms with van der Waals surface area (Å²) in [7, 11) is 0. The fourth-order valence-electron chi connectivity index (χ4n) is 2.87. The van der Waals surface area contributed by atoms with Crippen LogP contribution in [0, 0.1) is 12.7 Å². The predicted octanol–water partition coefficient (Wildman–Crippen LogP) is 6.06. The average molecular weight is 477 g/mol. The minimum absolute atomic E-state index is 0.102. The number of thioether (sulfide) groups is 1. The molecule has 31 heavy (non-hydrogen) atoms. The summed E-state index contributed by atoms with van der Waals surface area (Å²) in [5.41, 5.74) is 0.880. The summed E-state index contributed by atoms with van der Waals surface area (Å²) in [5, 5.41) is 8.58. The van der Waals surface area contributed by atoms with Crippen molar-refractivity contribution in [3.05, 3.63) is 81.4 Å². The van der Waals surface area contributed by atoms with Crippen molar-refractivity contribution in [2.24, 2.45) is 4.99 Å². The maximum absolute atomic E-state index is 14.6. The van der Waals surface area contributed by atoms with E-state index in [0.29, 0.717) is 32.6 Å².